The molecular weight excluding hydrogens is 366 g/mol. The lowest BCUT2D eigenvalue weighted by Gasteiger charge is -2.34. The summed E-state index contributed by atoms with van der Waals surface area (Å²) in [6, 6.07) is 7.72. The summed E-state index contributed by atoms with van der Waals surface area (Å²) in [5.41, 5.74) is 1.08. The Hall–Kier alpha value is -2.67. The maximum atomic E-state index is 12.6. The van der Waals surface area contributed by atoms with Gasteiger partial charge in [0.05, 0.1) is 6.20 Å². The molecule has 29 heavy (non-hydrogen) atoms. The first kappa shape index (κ1) is 19.6. The van der Waals surface area contributed by atoms with Gasteiger partial charge >= 0.3 is 0 Å². The lowest BCUT2D eigenvalue weighted by atomic mass is 9.92. The molecule has 0 radical (unpaired) electrons. The molecule has 1 aliphatic rings. The van der Waals surface area contributed by atoms with E-state index in [1.807, 2.05) is 24.3 Å². The summed E-state index contributed by atoms with van der Waals surface area (Å²) in [6.07, 6.45) is 3.89. The zero-order chi connectivity index (χ0) is 20.4. The molecule has 0 aliphatic carbocycles. The van der Waals surface area contributed by atoms with Crippen LogP contribution in [-0.2, 0) is 11.3 Å². The molecule has 1 amide bonds. The van der Waals surface area contributed by atoms with E-state index in [2.05, 4.69) is 34.3 Å². The van der Waals surface area contributed by atoms with E-state index in [1.54, 1.807) is 10.8 Å². The van der Waals surface area contributed by atoms with Crippen molar-refractivity contribution in [1.82, 2.24) is 25.0 Å². The second-order valence-corrected chi connectivity index (χ2v) is 8.47. The van der Waals surface area contributed by atoms with Crippen molar-refractivity contribution in [3.63, 3.8) is 0 Å². The van der Waals surface area contributed by atoms with Crippen LogP contribution in [0.2, 0.25) is 0 Å². The fraction of sp³-hybridized carbons (Fsp3) is 0.500. The van der Waals surface area contributed by atoms with E-state index in [9.17, 15) is 9.59 Å². The number of amides is 1. The van der Waals surface area contributed by atoms with Gasteiger partial charge in [-0.1, -0.05) is 32.0 Å². The Morgan fingerprint density at radius 2 is 1.97 bits per heavy atom. The highest BCUT2D eigenvalue weighted by Crippen LogP contribution is 2.25. The predicted molar refractivity (Wildman–Crippen MR) is 115 cm³/mol. The Morgan fingerprint density at radius 1 is 1.21 bits per heavy atom. The van der Waals surface area contributed by atoms with Crippen LogP contribution in [0.5, 0.6) is 0 Å². The fourth-order valence-corrected chi connectivity index (χ4v) is 4.78. The highest BCUT2D eigenvalue weighted by Gasteiger charge is 2.21. The van der Waals surface area contributed by atoms with E-state index in [0.717, 1.165) is 54.2 Å². The predicted octanol–water partition coefficient (Wildman–Crippen LogP) is 2.36. The van der Waals surface area contributed by atoms with Crippen molar-refractivity contribution in [3.05, 3.63) is 40.8 Å². The molecule has 1 aliphatic heterocycles. The average Bonchev–Trinajstić information content (AvgIpc) is 3.00. The number of carbonyl (C=O) groups is 1. The van der Waals surface area contributed by atoms with E-state index in [4.69, 9.17) is 0 Å². The summed E-state index contributed by atoms with van der Waals surface area (Å²) in [6.45, 7) is 8.70. The van der Waals surface area contributed by atoms with Crippen LogP contribution in [0.15, 0.2) is 35.3 Å². The molecule has 0 bridgehead atoms. The molecule has 1 aromatic carbocycles. The first-order valence-corrected chi connectivity index (χ1v) is 10.5. The summed E-state index contributed by atoms with van der Waals surface area (Å²) in [4.78, 5) is 27.5. The molecule has 7 heteroatoms. The number of benzene rings is 1. The number of aromatic amines is 1. The van der Waals surface area contributed by atoms with Crippen molar-refractivity contribution in [2.75, 3.05) is 26.2 Å². The van der Waals surface area contributed by atoms with Crippen LogP contribution in [0.4, 0.5) is 0 Å². The molecule has 2 atom stereocenters. The monoisotopic (exact) mass is 395 g/mol. The number of carbonyl (C=O) groups excluding carboxylic acids is 1. The topological polar surface area (TPSA) is 83.0 Å². The minimum absolute atomic E-state index is 0.0794. The molecule has 2 N–H and O–H groups in total. The van der Waals surface area contributed by atoms with E-state index >= 15 is 0 Å². The first-order chi connectivity index (χ1) is 14.0. The Morgan fingerprint density at radius 3 is 2.76 bits per heavy atom. The first-order valence-electron chi connectivity index (χ1n) is 10.5. The largest absolute Gasteiger partial charge is 0.355 e. The van der Waals surface area contributed by atoms with Gasteiger partial charge in [-0.3, -0.25) is 9.59 Å². The number of fused-ring (bicyclic) bond motifs is 3. The number of likely N-dealkylation sites (tertiary alicyclic amines) is 1. The van der Waals surface area contributed by atoms with Gasteiger partial charge < -0.3 is 14.8 Å². The van der Waals surface area contributed by atoms with Gasteiger partial charge in [0.25, 0.3) is 5.56 Å². The third-order valence-corrected chi connectivity index (χ3v) is 5.80. The SMILES string of the molecule is C[C@H]1C[C@H](C)CN(CCCNC(=O)Cn2c3ccccc3c3cn[nH]c(=O)c32)C1. The third-order valence-electron chi connectivity index (χ3n) is 5.80. The van der Waals surface area contributed by atoms with Gasteiger partial charge in [-0.15, -0.1) is 0 Å². The van der Waals surface area contributed by atoms with Crippen molar-refractivity contribution in [2.45, 2.75) is 33.2 Å². The van der Waals surface area contributed by atoms with Gasteiger partial charge in [0.1, 0.15) is 12.1 Å². The number of rotatable bonds is 6. The van der Waals surface area contributed by atoms with Gasteiger partial charge in [-0.2, -0.15) is 5.10 Å². The highest BCUT2D eigenvalue weighted by atomic mass is 16.2. The maximum absolute atomic E-state index is 12.6. The van der Waals surface area contributed by atoms with Crippen LogP contribution < -0.4 is 10.9 Å². The van der Waals surface area contributed by atoms with Crippen molar-refractivity contribution < 1.29 is 4.79 Å². The van der Waals surface area contributed by atoms with Gasteiger partial charge in [-0.25, -0.2) is 5.10 Å². The Kier molecular flexibility index (Phi) is 5.67. The average molecular weight is 396 g/mol. The number of nitrogens with zero attached hydrogens (tertiary/aromatic N) is 3. The standard InChI is InChI=1S/C22H29N5O2/c1-15-10-16(2)13-26(12-15)9-5-8-23-20(28)14-27-19-7-4-3-6-17(19)18-11-24-25-22(29)21(18)27/h3-4,6-7,11,15-16H,5,8-10,12-14H2,1-2H3,(H,23,28)(H,25,29)/t15-,16-/m0/s1. The number of nitrogens with one attached hydrogen (secondary N) is 2. The zero-order valence-corrected chi connectivity index (χ0v) is 17.1. The molecule has 3 heterocycles. The Labute approximate surface area is 170 Å². The molecule has 0 unspecified atom stereocenters. The molecule has 154 valence electrons. The number of aromatic nitrogens is 3. The summed E-state index contributed by atoms with van der Waals surface area (Å²) < 4.78 is 1.79. The van der Waals surface area contributed by atoms with Crippen LogP contribution in [0.1, 0.15) is 26.7 Å². The minimum Gasteiger partial charge on any atom is -0.355 e. The molecule has 1 saturated heterocycles. The van der Waals surface area contributed by atoms with Crippen LogP contribution in [0, 0.1) is 11.8 Å². The third kappa shape index (κ3) is 4.19. The second kappa shape index (κ2) is 8.37. The molecular formula is C22H29N5O2. The Bertz CT molecular complexity index is 1060. The number of para-hydroxylation sites is 1. The number of piperidine rings is 1. The van der Waals surface area contributed by atoms with Gasteiger partial charge in [0, 0.05) is 35.9 Å². The molecule has 2 aromatic heterocycles. The summed E-state index contributed by atoms with van der Waals surface area (Å²) in [5.74, 6) is 1.41. The molecule has 0 saturated carbocycles. The summed E-state index contributed by atoms with van der Waals surface area (Å²) in [7, 11) is 0. The van der Waals surface area contributed by atoms with Gasteiger partial charge in [-0.05, 0) is 37.3 Å². The van der Waals surface area contributed by atoms with Crippen molar-refractivity contribution in [1.29, 1.82) is 0 Å². The fourth-order valence-electron chi connectivity index (χ4n) is 4.78. The van der Waals surface area contributed by atoms with Crippen molar-refractivity contribution in [2.24, 2.45) is 11.8 Å². The number of hydrogen-bond acceptors (Lipinski definition) is 4. The molecule has 1 fully saturated rings. The van der Waals surface area contributed by atoms with E-state index in [0.29, 0.717) is 12.1 Å². The van der Waals surface area contributed by atoms with Gasteiger partial charge in [0.2, 0.25) is 5.91 Å². The maximum Gasteiger partial charge on any atom is 0.288 e. The second-order valence-electron chi connectivity index (χ2n) is 8.47. The molecule has 4 rings (SSSR count). The number of hydrogen-bond donors (Lipinski definition) is 2. The molecule has 3 aromatic rings. The van der Waals surface area contributed by atoms with E-state index in [-0.39, 0.29) is 18.0 Å². The van der Waals surface area contributed by atoms with Crippen molar-refractivity contribution in [3.8, 4) is 0 Å². The highest BCUT2D eigenvalue weighted by molar-refractivity contribution is 6.07. The van der Waals surface area contributed by atoms with Crippen LogP contribution in [0.25, 0.3) is 21.8 Å². The summed E-state index contributed by atoms with van der Waals surface area (Å²) in [5, 5.41) is 11.1. The van der Waals surface area contributed by atoms with Crippen LogP contribution >= 0.6 is 0 Å². The molecule has 0 spiro atoms. The lowest BCUT2D eigenvalue weighted by molar-refractivity contribution is -0.121. The van der Waals surface area contributed by atoms with Gasteiger partial charge in [0.15, 0.2) is 0 Å². The normalized spacial score (nSPS) is 20.3. The van der Waals surface area contributed by atoms with Crippen LogP contribution in [0.3, 0.4) is 0 Å². The quantitative estimate of drug-likeness (QED) is 0.628. The molecule has 7 nitrogen and oxygen atoms in total. The number of H-pyrrole nitrogens is 1. The summed E-state index contributed by atoms with van der Waals surface area (Å²) >= 11 is 0. The smallest absolute Gasteiger partial charge is 0.288 e. The lowest BCUT2D eigenvalue weighted by Crippen LogP contribution is -2.40. The minimum atomic E-state index is -0.278. The van der Waals surface area contributed by atoms with Crippen molar-refractivity contribution >= 4 is 27.7 Å². The van der Waals surface area contributed by atoms with E-state index in [1.165, 1.54) is 6.42 Å². The Balaban J connectivity index is 1.40. The van der Waals surface area contributed by atoms with Crippen LogP contribution in [-0.4, -0.2) is 51.8 Å². The van der Waals surface area contributed by atoms with E-state index < -0.39 is 0 Å². The zero-order valence-electron chi connectivity index (χ0n) is 17.1.